The molecule has 0 saturated carbocycles. The van der Waals surface area contributed by atoms with Crippen LogP contribution in [-0.4, -0.2) is 64.1 Å². The van der Waals surface area contributed by atoms with Crippen LogP contribution >= 0.6 is 0 Å². The molecular formula is C30H37N7. The zero-order chi connectivity index (χ0) is 25.4. The average molecular weight is 496 g/mol. The van der Waals surface area contributed by atoms with E-state index >= 15 is 0 Å². The SMILES string of the molecule is CC(C)(C)c1ccc(-c2nc3cccc(N4CCN(Cc5ccnc(N6CCCC6)n5)CC4)c3[nH]2)cc1. The largest absolute Gasteiger partial charge is 0.367 e. The summed E-state index contributed by atoms with van der Waals surface area (Å²) >= 11 is 0. The highest BCUT2D eigenvalue weighted by Gasteiger charge is 2.22. The van der Waals surface area contributed by atoms with E-state index in [1.54, 1.807) is 0 Å². The normalized spacial score (nSPS) is 17.2. The summed E-state index contributed by atoms with van der Waals surface area (Å²) in [5.74, 6) is 1.82. The van der Waals surface area contributed by atoms with E-state index in [1.165, 1.54) is 24.1 Å². The van der Waals surface area contributed by atoms with E-state index < -0.39 is 0 Å². The topological polar surface area (TPSA) is 64.2 Å². The van der Waals surface area contributed by atoms with Crippen LogP contribution in [0.4, 0.5) is 11.6 Å². The first-order valence-electron chi connectivity index (χ1n) is 13.6. The lowest BCUT2D eigenvalue weighted by Crippen LogP contribution is -2.46. The van der Waals surface area contributed by atoms with Crippen molar-refractivity contribution in [3.63, 3.8) is 0 Å². The highest BCUT2D eigenvalue weighted by molar-refractivity contribution is 5.91. The highest BCUT2D eigenvalue weighted by atomic mass is 15.3. The van der Waals surface area contributed by atoms with E-state index in [4.69, 9.17) is 9.97 Å². The van der Waals surface area contributed by atoms with Gasteiger partial charge in [-0.05, 0) is 42.0 Å². The minimum atomic E-state index is 0.144. The van der Waals surface area contributed by atoms with E-state index in [9.17, 15) is 0 Å². The van der Waals surface area contributed by atoms with Crippen molar-refractivity contribution in [1.29, 1.82) is 0 Å². The number of rotatable bonds is 5. The fraction of sp³-hybridized carbons (Fsp3) is 0.433. The first kappa shape index (κ1) is 23.9. The van der Waals surface area contributed by atoms with Gasteiger partial charge in [0.2, 0.25) is 5.95 Å². The van der Waals surface area contributed by atoms with Crippen molar-refractivity contribution in [3.05, 3.63) is 66.0 Å². The van der Waals surface area contributed by atoms with Crippen LogP contribution in [0.2, 0.25) is 0 Å². The molecule has 0 amide bonds. The Labute approximate surface area is 219 Å². The Morgan fingerprint density at radius 3 is 2.30 bits per heavy atom. The van der Waals surface area contributed by atoms with Crippen LogP contribution in [0.5, 0.6) is 0 Å². The van der Waals surface area contributed by atoms with Crippen molar-refractivity contribution >= 4 is 22.7 Å². The Balaban J connectivity index is 1.14. The van der Waals surface area contributed by atoms with Gasteiger partial charge in [0.1, 0.15) is 5.82 Å². The smallest absolute Gasteiger partial charge is 0.225 e. The van der Waals surface area contributed by atoms with Crippen molar-refractivity contribution in [2.75, 3.05) is 49.1 Å². The molecule has 0 atom stereocenters. The van der Waals surface area contributed by atoms with Gasteiger partial charge in [-0.25, -0.2) is 15.0 Å². The molecule has 0 bridgehead atoms. The van der Waals surface area contributed by atoms with E-state index in [-0.39, 0.29) is 5.41 Å². The monoisotopic (exact) mass is 495 g/mol. The third kappa shape index (κ3) is 5.05. The highest BCUT2D eigenvalue weighted by Crippen LogP contribution is 2.30. The molecule has 2 aromatic carbocycles. The molecule has 2 aliphatic rings. The zero-order valence-corrected chi connectivity index (χ0v) is 22.2. The lowest BCUT2D eigenvalue weighted by atomic mass is 9.87. The Hall–Kier alpha value is -3.45. The summed E-state index contributed by atoms with van der Waals surface area (Å²) in [6, 6.07) is 17.3. The summed E-state index contributed by atoms with van der Waals surface area (Å²) in [5.41, 5.74) is 7.09. The predicted octanol–water partition coefficient (Wildman–Crippen LogP) is 5.24. The number of benzene rings is 2. The standard InChI is InChI=1S/C30H37N7/c1-30(2,3)23-11-9-22(10-12-23)28-33-25-7-6-8-26(27(25)34-28)36-19-17-35(18-20-36)21-24-13-14-31-29(32-24)37-15-4-5-16-37/h6-14H,4-5,15-21H2,1-3H3,(H,33,34). The van der Waals surface area contributed by atoms with Crippen molar-refractivity contribution in [1.82, 2.24) is 24.8 Å². The van der Waals surface area contributed by atoms with Crippen molar-refractivity contribution in [3.8, 4) is 11.4 Å². The maximum Gasteiger partial charge on any atom is 0.225 e. The number of nitrogens with zero attached hydrogens (tertiary/aromatic N) is 6. The lowest BCUT2D eigenvalue weighted by molar-refractivity contribution is 0.247. The number of nitrogens with one attached hydrogen (secondary N) is 1. The predicted molar refractivity (Wildman–Crippen MR) is 151 cm³/mol. The van der Waals surface area contributed by atoms with Crippen LogP contribution in [0.1, 0.15) is 44.9 Å². The average Bonchev–Trinajstić information content (AvgIpc) is 3.60. The zero-order valence-electron chi connectivity index (χ0n) is 22.2. The molecule has 7 heteroatoms. The number of anilines is 2. The molecule has 6 rings (SSSR count). The number of aromatic nitrogens is 4. The van der Waals surface area contributed by atoms with Crippen molar-refractivity contribution in [2.24, 2.45) is 0 Å². The maximum absolute atomic E-state index is 4.93. The maximum atomic E-state index is 4.93. The number of hydrogen-bond donors (Lipinski definition) is 1. The number of piperazine rings is 1. The molecule has 1 N–H and O–H groups in total. The third-order valence-corrected chi connectivity index (χ3v) is 7.71. The Morgan fingerprint density at radius 2 is 1.57 bits per heavy atom. The van der Waals surface area contributed by atoms with E-state index in [0.717, 1.165) is 79.9 Å². The van der Waals surface area contributed by atoms with Crippen LogP contribution < -0.4 is 9.80 Å². The van der Waals surface area contributed by atoms with Gasteiger partial charge in [0.25, 0.3) is 0 Å². The van der Waals surface area contributed by atoms with Gasteiger partial charge >= 0.3 is 0 Å². The van der Waals surface area contributed by atoms with E-state index in [0.29, 0.717) is 0 Å². The molecule has 192 valence electrons. The number of H-pyrrole nitrogens is 1. The summed E-state index contributed by atoms with van der Waals surface area (Å²) in [5, 5.41) is 0. The number of para-hydroxylation sites is 1. The second kappa shape index (κ2) is 9.78. The molecule has 4 aromatic rings. The van der Waals surface area contributed by atoms with Crippen LogP contribution in [-0.2, 0) is 12.0 Å². The Morgan fingerprint density at radius 1 is 0.811 bits per heavy atom. The van der Waals surface area contributed by atoms with Gasteiger partial charge in [-0.2, -0.15) is 0 Å². The molecule has 2 aromatic heterocycles. The van der Waals surface area contributed by atoms with E-state index in [2.05, 4.69) is 94.0 Å². The molecular weight excluding hydrogens is 458 g/mol. The van der Waals surface area contributed by atoms with Gasteiger partial charge in [0.05, 0.1) is 22.4 Å². The molecule has 37 heavy (non-hydrogen) atoms. The van der Waals surface area contributed by atoms with Gasteiger partial charge < -0.3 is 14.8 Å². The van der Waals surface area contributed by atoms with Crippen LogP contribution in [0, 0.1) is 0 Å². The molecule has 2 aliphatic heterocycles. The molecule has 0 unspecified atom stereocenters. The van der Waals surface area contributed by atoms with Crippen LogP contribution in [0.15, 0.2) is 54.7 Å². The molecule has 0 aliphatic carbocycles. The summed E-state index contributed by atoms with van der Waals surface area (Å²) in [7, 11) is 0. The Bertz CT molecular complexity index is 1350. The summed E-state index contributed by atoms with van der Waals surface area (Å²) in [6.45, 7) is 13.7. The fourth-order valence-electron chi connectivity index (χ4n) is 5.46. The van der Waals surface area contributed by atoms with Crippen molar-refractivity contribution < 1.29 is 0 Å². The number of hydrogen-bond acceptors (Lipinski definition) is 6. The molecule has 4 heterocycles. The van der Waals surface area contributed by atoms with E-state index in [1.807, 2.05) is 6.20 Å². The summed E-state index contributed by atoms with van der Waals surface area (Å²) in [6.07, 6.45) is 4.40. The second-order valence-corrected chi connectivity index (χ2v) is 11.4. The molecule has 2 fully saturated rings. The van der Waals surface area contributed by atoms with Crippen LogP contribution in [0.3, 0.4) is 0 Å². The summed E-state index contributed by atoms with van der Waals surface area (Å²) < 4.78 is 0. The van der Waals surface area contributed by atoms with Gasteiger partial charge in [-0.3, -0.25) is 4.90 Å². The van der Waals surface area contributed by atoms with Crippen molar-refractivity contribution in [2.45, 2.75) is 45.6 Å². The molecule has 0 radical (unpaired) electrons. The quantitative estimate of drug-likeness (QED) is 0.409. The van der Waals surface area contributed by atoms with Gasteiger partial charge in [-0.15, -0.1) is 0 Å². The first-order valence-corrected chi connectivity index (χ1v) is 13.6. The summed E-state index contributed by atoms with van der Waals surface area (Å²) in [4.78, 5) is 25.2. The minimum absolute atomic E-state index is 0.144. The third-order valence-electron chi connectivity index (χ3n) is 7.71. The lowest BCUT2D eigenvalue weighted by Gasteiger charge is -2.36. The second-order valence-electron chi connectivity index (χ2n) is 11.4. The van der Waals surface area contributed by atoms with Gasteiger partial charge in [0.15, 0.2) is 0 Å². The van der Waals surface area contributed by atoms with Gasteiger partial charge in [-0.1, -0.05) is 51.1 Å². The number of fused-ring (bicyclic) bond motifs is 1. The molecule has 2 saturated heterocycles. The Kier molecular flexibility index (Phi) is 6.32. The fourth-order valence-corrected chi connectivity index (χ4v) is 5.46. The van der Waals surface area contributed by atoms with Gasteiger partial charge in [0, 0.05) is 57.6 Å². The minimum Gasteiger partial charge on any atom is -0.367 e. The molecule has 7 nitrogen and oxygen atoms in total. The number of aromatic amines is 1. The van der Waals surface area contributed by atoms with Crippen LogP contribution in [0.25, 0.3) is 22.4 Å². The molecule has 0 spiro atoms. The first-order chi connectivity index (χ1) is 17.9. The number of imidazole rings is 1.